The van der Waals surface area contributed by atoms with Gasteiger partial charge in [0, 0.05) is 6.61 Å². The molecule has 0 aromatic heterocycles. The van der Waals surface area contributed by atoms with Gasteiger partial charge in [0.05, 0.1) is 0 Å². The first-order chi connectivity index (χ1) is 9.59. The van der Waals surface area contributed by atoms with Gasteiger partial charge in [0.25, 0.3) is 0 Å². The molecule has 0 amide bonds. The largest absolute Gasteiger partial charge is 0.479 e. The Balaban J connectivity index is 0. The molecule has 4 nitrogen and oxygen atoms in total. The summed E-state index contributed by atoms with van der Waals surface area (Å²) in [5, 5.41) is 25.5. The highest BCUT2D eigenvalue weighted by molar-refractivity contribution is 5.71. The number of aliphatic carboxylic acids is 1. The highest BCUT2D eigenvalue weighted by Crippen LogP contribution is 2.10. The zero-order valence-corrected chi connectivity index (χ0v) is 13.3. The normalized spacial score (nSPS) is 11.6. The maximum Gasteiger partial charge on any atom is 0.332 e. The van der Waals surface area contributed by atoms with Crippen LogP contribution in [0.25, 0.3) is 0 Å². The molecule has 0 aliphatic carbocycles. The molecular formula is C16H34O4. The molecule has 20 heavy (non-hydrogen) atoms. The van der Waals surface area contributed by atoms with Crippen LogP contribution in [0, 0.1) is 0 Å². The molecule has 0 fully saturated rings. The van der Waals surface area contributed by atoms with E-state index < -0.39 is 12.1 Å². The second-order valence-corrected chi connectivity index (χ2v) is 5.19. The van der Waals surface area contributed by atoms with E-state index in [0.717, 1.165) is 32.1 Å². The fourth-order valence-corrected chi connectivity index (χ4v) is 1.75. The monoisotopic (exact) mass is 290 g/mol. The molecule has 0 spiro atoms. The average Bonchev–Trinajstić information content (AvgIpc) is 2.43. The van der Waals surface area contributed by atoms with Gasteiger partial charge < -0.3 is 15.3 Å². The number of hydrogen-bond acceptors (Lipinski definition) is 3. The van der Waals surface area contributed by atoms with E-state index in [1.165, 1.54) is 32.1 Å². The number of carboxylic acid groups (broad SMARTS) is 1. The van der Waals surface area contributed by atoms with Crippen LogP contribution in [0.4, 0.5) is 0 Å². The quantitative estimate of drug-likeness (QED) is 0.478. The molecule has 1 unspecified atom stereocenters. The van der Waals surface area contributed by atoms with Crippen LogP contribution in [0.15, 0.2) is 0 Å². The summed E-state index contributed by atoms with van der Waals surface area (Å²) in [5.74, 6) is -1.10. The maximum absolute atomic E-state index is 10.3. The number of hydrogen-bond donors (Lipinski definition) is 3. The summed E-state index contributed by atoms with van der Waals surface area (Å²) in [6.07, 6.45) is 10.7. The van der Waals surface area contributed by atoms with E-state index in [9.17, 15) is 4.79 Å². The molecule has 122 valence electrons. The third-order valence-electron chi connectivity index (χ3n) is 3.13. The Labute approximate surface area is 124 Å². The molecule has 0 heterocycles. The van der Waals surface area contributed by atoms with Gasteiger partial charge in [0.1, 0.15) is 0 Å². The van der Waals surface area contributed by atoms with E-state index in [1.54, 1.807) is 0 Å². The maximum atomic E-state index is 10.3. The topological polar surface area (TPSA) is 77.8 Å². The van der Waals surface area contributed by atoms with Gasteiger partial charge in [-0.3, -0.25) is 0 Å². The van der Waals surface area contributed by atoms with Crippen molar-refractivity contribution in [1.82, 2.24) is 0 Å². The van der Waals surface area contributed by atoms with Crippen molar-refractivity contribution in [3.05, 3.63) is 0 Å². The first kappa shape index (κ1) is 21.7. The summed E-state index contributed by atoms with van der Waals surface area (Å²) in [6.45, 7) is 4.60. The van der Waals surface area contributed by atoms with Gasteiger partial charge in [-0.2, -0.15) is 0 Å². The van der Waals surface area contributed by atoms with Gasteiger partial charge >= 0.3 is 5.97 Å². The van der Waals surface area contributed by atoms with Crippen molar-refractivity contribution in [2.24, 2.45) is 0 Å². The molecule has 0 aliphatic rings. The van der Waals surface area contributed by atoms with Gasteiger partial charge in [-0.1, -0.05) is 71.6 Å². The third kappa shape index (κ3) is 19.7. The second kappa shape index (κ2) is 18.4. The average molecular weight is 290 g/mol. The Morgan fingerprint density at radius 1 is 0.850 bits per heavy atom. The first-order valence-electron chi connectivity index (χ1n) is 8.11. The molecule has 0 bridgehead atoms. The highest BCUT2D eigenvalue weighted by atomic mass is 16.4. The van der Waals surface area contributed by atoms with Crippen molar-refractivity contribution < 1.29 is 20.1 Å². The summed E-state index contributed by atoms with van der Waals surface area (Å²) in [6, 6.07) is 0. The number of aliphatic hydroxyl groups excluding tert-OH is 2. The minimum Gasteiger partial charge on any atom is -0.479 e. The van der Waals surface area contributed by atoms with Gasteiger partial charge in [0.15, 0.2) is 6.10 Å². The predicted octanol–water partition coefficient (Wildman–Crippen LogP) is 3.74. The summed E-state index contributed by atoms with van der Waals surface area (Å²) in [7, 11) is 0. The minimum atomic E-state index is -1.16. The van der Waals surface area contributed by atoms with Crippen LogP contribution in [-0.4, -0.2) is 34.0 Å². The van der Waals surface area contributed by atoms with Crippen LogP contribution in [0.1, 0.15) is 84.5 Å². The summed E-state index contributed by atoms with van der Waals surface area (Å²) >= 11 is 0. The standard InChI is InChI=1S/C12H24O3.C4H10O/c1-2-3-4-5-6-7-8-9-10-11(13)12(14)15;1-2-3-4-5/h11,13H,2-10H2,1H3,(H,14,15);5H,2-4H2,1H3. The lowest BCUT2D eigenvalue weighted by molar-refractivity contribution is -0.146. The molecule has 0 aliphatic heterocycles. The van der Waals surface area contributed by atoms with Crippen LogP contribution >= 0.6 is 0 Å². The zero-order valence-electron chi connectivity index (χ0n) is 13.3. The molecule has 3 N–H and O–H groups in total. The van der Waals surface area contributed by atoms with Crippen LogP contribution < -0.4 is 0 Å². The van der Waals surface area contributed by atoms with E-state index in [4.69, 9.17) is 15.3 Å². The van der Waals surface area contributed by atoms with Crippen molar-refractivity contribution in [2.45, 2.75) is 90.6 Å². The van der Waals surface area contributed by atoms with Crippen molar-refractivity contribution in [1.29, 1.82) is 0 Å². The Morgan fingerprint density at radius 3 is 1.65 bits per heavy atom. The van der Waals surface area contributed by atoms with Crippen LogP contribution in [0.3, 0.4) is 0 Å². The van der Waals surface area contributed by atoms with Gasteiger partial charge in [-0.05, 0) is 12.8 Å². The summed E-state index contributed by atoms with van der Waals surface area (Å²) in [4.78, 5) is 10.3. The van der Waals surface area contributed by atoms with E-state index in [-0.39, 0.29) is 0 Å². The number of aliphatic hydroxyl groups is 2. The third-order valence-corrected chi connectivity index (χ3v) is 3.13. The predicted molar refractivity (Wildman–Crippen MR) is 82.9 cm³/mol. The lowest BCUT2D eigenvalue weighted by Gasteiger charge is -2.04. The van der Waals surface area contributed by atoms with Crippen LogP contribution in [-0.2, 0) is 4.79 Å². The molecule has 0 aromatic rings. The summed E-state index contributed by atoms with van der Waals surface area (Å²) in [5.41, 5.74) is 0. The van der Waals surface area contributed by atoms with Crippen molar-refractivity contribution in [3.63, 3.8) is 0 Å². The Kier molecular flexibility index (Phi) is 19.9. The van der Waals surface area contributed by atoms with Crippen molar-refractivity contribution in [2.75, 3.05) is 6.61 Å². The van der Waals surface area contributed by atoms with E-state index in [1.807, 2.05) is 0 Å². The number of carboxylic acids is 1. The van der Waals surface area contributed by atoms with E-state index in [2.05, 4.69) is 13.8 Å². The molecule has 0 saturated carbocycles. The number of carbonyl (C=O) groups is 1. The van der Waals surface area contributed by atoms with Crippen molar-refractivity contribution in [3.8, 4) is 0 Å². The zero-order chi connectivity index (χ0) is 15.6. The SMILES string of the molecule is CCCCCCCCCCC(O)C(=O)O.CCCCO. The van der Waals surface area contributed by atoms with E-state index in [0.29, 0.717) is 13.0 Å². The van der Waals surface area contributed by atoms with E-state index >= 15 is 0 Å². The molecular weight excluding hydrogens is 256 g/mol. The van der Waals surface area contributed by atoms with Gasteiger partial charge in [-0.25, -0.2) is 4.79 Å². The van der Waals surface area contributed by atoms with Gasteiger partial charge in [-0.15, -0.1) is 0 Å². The minimum absolute atomic E-state index is 0.344. The fourth-order valence-electron chi connectivity index (χ4n) is 1.75. The fraction of sp³-hybridized carbons (Fsp3) is 0.938. The lowest BCUT2D eigenvalue weighted by Crippen LogP contribution is -2.18. The first-order valence-corrected chi connectivity index (χ1v) is 8.11. The van der Waals surface area contributed by atoms with Crippen LogP contribution in [0.5, 0.6) is 0 Å². The molecule has 0 radical (unpaired) electrons. The van der Waals surface area contributed by atoms with Gasteiger partial charge in [0.2, 0.25) is 0 Å². The Morgan fingerprint density at radius 2 is 1.30 bits per heavy atom. The Bertz CT molecular complexity index is 193. The van der Waals surface area contributed by atoms with Crippen molar-refractivity contribution >= 4 is 5.97 Å². The number of unbranched alkanes of at least 4 members (excludes halogenated alkanes) is 8. The second-order valence-electron chi connectivity index (χ2n) is 5.19. The molecule has 0 rings (SSSR count). The summed E-state index contributed by atoms with van der Waals surface area (Å²) < 4.78 is 0. The lowest BCUT2D eigenvalue weighted by atomic mass is 10.1. The molecule has 4 heteroatoms. The Hall–Kier alpha value is -0.610. The molecule has 0 saturated heterocycles. The van der Waals surface area contributed by atoms with Crippen LogP contribution in [0.2, 0.25) is 0 Å². The highest BCUT2D eigenvalue weighted by Gasteiger charge is 2.11. The number of rotatable bonds is 12. The molecule has 0 aromatic carbocycles. The molecule has 1 atom stereocenters. The smallest absolute Gasteiger partial charge is 0.332 e.